The van der Waals surface area contributed by atoms with Crippen molar-refractivity contribution in [3.63, 3.8) is 0 Å². The number of ether oxygens (including phenoxy) is 1. The predicted octanol–water partition coefficient (Wildman–Crippen LogP) is 2.01. The minimum absolute atomic E-state index is 0.118. The Kier molecular flexibility index (Phi) is 5.75. The molecule has 2 N–H and O–H groups in total. The first-order valence-electron chi connectivity index (χ1n) is 8.05. The number of amides is 1. The lowest BCUT2D eigenvalue weighted by Gasteiger charge is -2.23. The highest BCUT2D eigenvalue weighted by atomic mass is 16.5. The zero-order valence-corrected chi connectivity index (χ0v) is 14.3. The molecule has 7 nitrogen and oxygen atoms in total. The third-order valence-electron chi connectivity index (χ3n) is 4.53. The van der Waals surface area contributed by atoms with Crippen molar-refractivity contribution in [1.29, 1.82) is 5.26 Å². The van der Waals surface area contributed by atoms with E-state index in [-0.39, 0.29) is 23.2 Å². The number of esters is 1. The Morgan fingerprint density at radius 2 is 2.00 bits per heavy atom. The minimum Gasteiger partial charge on any atom is -0.508 e. The van der Waals surface area contributed by atoms with Gasteiger partial charge in [0, 0.05) is 11.3 Å². The molecule has 2 rings (SSSR count). The van der Waals surface area contributed by atoms with Crippen molar-refractivity contribution >= 4 is 17.6 Å². The lowest BCUT2D eigenvalue weighted by Crippen LogP contribution is -2.39. The molecule has 1 fully saturated rings. The van der Waals surface area contributed by atoms with E-state index in [9.17, 15) is 20.0 Å². The molecule has 0 spiro atoms. The summed E-state index contributed by atoms with van der Waals surface area (Å²) in [5.74, 6) is -1.09. The molecule has 132 valence electrons. The van der Waals surface area contributed by atoms with Crippen LogP contribution in [-0.4, -0.2) is 29.8 Å². The summed E-state index contributed by atoms with van der Waals surface area (Å²) in [6.45, 7) is 1.44. The van der Waals surface area contributed by atoms with Crippen LogP contribution in [0.25, 0.3) is 0 Å². The molecule has 0 aromatic heterocycles. The number of nitriles is 1. The number of phenolic OH excluding ortho intramolecular Hbond substituents is 1. The fraction of sp³-hybridized carbons (Fsp3) is 0.444. The number of benzene rings is 1. The van der Waals surface area contributed by atoms with Crippen LogP contribution in [0, 0.1) is 17.2 Å². The number of aromatic hydroxyl groups is 1. The molecule has 7 heteroatoms. The first kappa shape index (κ1) is 18.5. The topological polar surface area (TPSA) is 112 Å². The largest absolute Gasteiger partial charge is 0.508 e. The first-order chi connectivity index (χ1) is 11.9. The maximum absolute atomic E-state index is 12.5. The smallest absolute Gasteiger partial charge is 0.308 e. The molecule has 1 aliphatic rings. The van der Waals surface area contributed by atoms with Crippen LogP contribution in [0.1, 0.15) is 38.2 Å². The Labute approximate surface area is 146 Å². The zero-order chi connectivity index (χ0) is 18.4. The molecule has 0 heterocycles. The third-order valence-corrected chi connectivity index (χ3v) is 4.53. The fourth-order valence-electron chi connectivity index (χ4n) is 2.84. The van der Waals surface area contributed by atoms with Crippen molar-refractivity contribution < 1.29 is 19.4 Å². The van der Waals surface area contributed by atoms with E-state index in [0.29, 0.717) is 25.7 Å². The highest BCUT2D eigenvalue weighted by Gasteiger charge is 2.38. The highest BCUT2D eigenvalue weighted by Crippen LogP contribution is 2.31. The van der Waals surface area contributed by atoms with Gasteiger partial charge >= 0.3 is 5.97 Å². The van der Waals surface area contributed by atoms with Crippen LogP contribution < -0.4 is 5.43 Å². The number of carbonyl (C=O) groups excluding carboxylic acids is 2. The summed E-state index contributed by atoms with van der Waals surface area (Å²) in [6, 6.07) is 8.18. The van der Waals surface area contributed by atoms with Gasteiger partial charge in [-0.3, -0.25) is 9.59 Å². The van der Waals surface area contributed by atoms with Gasteiger partial charge in [0.1, 0.15) is 5.75 Å². The summed E-state index contributed by atoms with van der Waals surface area (Å²) < 4.78 is 4.73. The number of hydrazone groups is 1. The third kappa shape index (κ3) is 3.97. The van der Waals surface area contributed by atoms with Gasteiger partial charge in [0.2, 0.25) is 0 Å². The highest BCUT2D eigenvalue weighted by molar-refractivity contribution is 5.93. The summed E-state index contributed by atoms with van der Waals surface area (Å²) in [5, 5.41) is 23.5. The maximum Gasteiger partial charge on any atom is 0.308 e. The van der Waals surface area contributed by atoms with Gasteiger partial charge < -0.3 is 9.84 Å². The minimum atomic E-state index is -1.56. The second-order valence-electron chi connectivity index (χ2n) is 6.17. The lowest BCUT2D eigenvalue weighted by atomic mass is 9.82. The van der Waals surface area contributed by atoms with Crippen LogP contribution >= 0.6 is 0 Å². The van der Waals surface area contributed by atoms with Crippen molar-refractivity contribution in [2.24, 2.45) is 11.0 Å². The molecule has 0 saturated heterocycles. The Balaban J connectivity index is 2.05. The molecule has 1 atom stereocenters. The normalized spacial score (nSPS) is 19.2. The summed E-state index contributed by atoms with van der Waals surface area (Å²) in [5.41, 5.74) is 1.87. The lowest BCUT2D eigenvalue weighted by molar-refractivity contribution is -0.146. The van der Waals surface area contributed by atoms with Crippen molar-refractivity contribution in [2.75, 3.05) is 7.11 Å². The Morgan fingerprint density at radius 1 is 1.36 bits per heavy atom. The number of nitrogens with zero attached hydrogens (tertiary/aromatic N) is 2. The van der Waals surface area contributed by atoms with Gasteiger partial charge in [-0.2, -0.15) is 10.4 Å². The van der Waals surface area contributed by atoms with E-state index >= 15 is 0 Å². The summed E-state index contributed by atoms with van der Waals surface area (Å²) in [4.78, 5) is 24.0. The Morgan fingerprint density at radius 3 is 2.56 bits per heavy atom. The van der Waals surface area contributed by atoms with Crippen LogP contribution in [-0.2, 0) is 19.7 Å². The molecule has 1 amide bonds. The van der Waals surface area contributed by atoms with Gasteiger partial charge in [-0.25, -0.2) is 5.43 Å². The van der Waals surface area contributed by atoms with Crippen LogP contribution in [0.2, 0.25) is 0 Å². The van der Waals surface area contributed by atoms with Gasteiger partial charge in [0.15, 0.2) is 5.41 Å². The summed E-state index contributed by atoms with van der Waals surface area (Å²) >= 11 is 0. The van der Waals surface area contributed by atoms with Crippen molar-refractivity contribution in [2.45, 2.75) is 38.0 Å². The van der Waals surface area contributed by atoms with Crippen LogP contribution in [0.4, 0.5) is 0 Å². The molecule has 1 aromatic carbocycles. The zero-order valence-electron chi connectivity index (χ0n) is 14.3. The fourth-order valence-corrected chi connectivity index (χ4v) is 2.84. The van der Waals surface area contributed by atoms with Crippen LogP contribution in [0.15, 0.2) is 29.4 Å². The van der Waals surface area contributed by atoms with E-state index in [4.69, 9.17) is 4.74 Å². The standard InChI is InChI=1S/C18H21N3O4/c1-18(11-19,14-5-3-4-6-15(14)22)17(24)21-20-13-9-7-12(8-10-13)16(23)25-2/h3-6,12,22H,7-10H2,1-2H3,(H,21,24). The number of carbonyl (C=O) groups is 2. The first-order valence-corrected chi connectivity index (χ1v) is 8.05. The van der Waals surface area contributed by atoms with E-state index in [1.165, 1.54) is 26.2 Å². The van der Waals surface area contributed by atoms with E-state index in [1.54, 1.807) is 12.1 Å². The number of hydrogen-bond acceptors (Lipinski definition) is 6. The van der Waals surface area contributed by atoms with Gasteiger partial charge in [0.05, 0.1) is 19.1 Å². The van der Waals surface area contributed by atoms with Gasteiger partial charge in [-0.05, 0) is 38.7 Å². The maximum atomic E-state index is 12.5. The van der Waals surface area contributed by atoms with Gasteiger partial charge in [-0.1, -0.05) is 18.2 Å². The van der Waals surface area contributed by atoms with Crippen LogP contribution in [0.3, 0.4) is 0 Å². The number of rotatable bonds is 4. The Bertz CT molecular complexity index is 728. The average molecular weight is 343 g/mol. The second-order valence-corrected chi connectivity index (χ2v) is 6.17. The summed E-state index contributed by atoms with van der Waals surface area (Å²) in [6.07, 6.45) is 2.41. The molecule has 1 unspecified atom stereocenters. The van der Waals surface area contributed by atoms with Crippen molar-refractivity contribution in [3.05, 3.63) is 29.8 Å². The van der Waals surface area contributed by atoms with E-state index < -0.39 is 11.3 Å². The monoisotopic (exact) mass is 343 g/mol. The van der Waals surface area contributed by atoms with Gasteiger partial charge in [-0.15, -0.1) is 0 Å². The molecule has 0 bridgehead atoms. The second kappa shape index (κ2) is 7.79. The van der Waals surface area contributed by atoms with E-state index in [2.05, 4.69) is 10.5 Å². The Hall–Kier alpha value is -2.88. The number of para-hydroxylation sites is 1. The molecule has 0 radical (unpaired) electrons. The number of nitrogens with one attached hydrogen (secondary N) is 1. The molecule has 25 heavy (non-hydrogen) atoms. The number of hydrogen-bond donors (Lipinski definition) is 2. The van der Waals surface area contributed by atoms with E-state index in [1.807, 2.05) is 6.07 Å². The molecule has 1 aromatic rings. The number of phenols is 1. The molecule has 1 aliphatic carbocycles. The molecular formula is C18H21N3O4. The summed E-state index contributed by atoms with van der Waals surface area (Å²) in [7, 11) is 1.37. The molecular weight excluding hydrogens is 322 g/mol. The van der Waals surface area contributed by atoms with E-state index in [0.717, 1.165) is 5.71 Å². The van der Waals surface area contributed by atoms with Crippen LogP contribution in [0.5, 0.6) is 5.75 Å². The van der Waals surface area contributed by atoms with Crippen molar-refractivity contribution in [1.82, 2.24) is 5.43 Å². The number of methoxy groups -OCH3 is 1. The predicted molar refractivity (Wildman–Crippen MR) is 90.6 cm³/mol. The quantitative estimate of drug-likeness (QED) is 0.641. The average Bonchev–Trinajstić information content (AvgIpc) is 2.65. The van der Waals surface area contributed by atoms with Gasteiger partial charge in [0.25, 0.3) is 5.91 Å². The molecule has 0 aliphatic heterocycles. The SMILES string of the molecule is COC(=O)C1CCC(=NNC(=O)C(C)(C#N)c2ccccc2O)CC1. The van der Waals surface area contributed by atoms with Crippen molar-refractivity contribution in [3.8, 4) is 11.8 Å². The molecule has 1 saturated carbocycles.